The molecule has 0 aliphatic heterocycles. The van der Waals surface area contributed by atoms with Crippen LogP contribution < -0.4 is 14.8 Å². The molecule has 1 amide bonds. The molecule has 1 aromatic carbocycles. The minimum absolute atomic E-state index is 0.0874. The van der Waals surface area contributed by atoms with Gasteiger partial charge in [-0.2, -0.15) is 0 Å². The van der Waals surface area contributed by atoms with Crippen molar-refractivity contribution >= 4 is 17.8 Å². The Morgan fingerprint density at radius 1 is 1.24 bits per heavy atom. The van der Waals surface area contributed by atoms with E-state index in [1.54, 1.807) is 6.07 Å². The van der Waals surface area contributed by atoms with Crippen molar-refractivity contribution in [1.82, 2.24) is 10.3 Å². The number of nitrogens with zero attached hydrogens (tertiary/aromatic N) is 1. The molecular formula is C25H27FN2O6. The summed E-state index contributed by atoms with van der Waals surface area (Å²) in [6.45, 7) is 3.40. The highest BCUT2D eigenvalue weighted by atomic mass is 19.1. The zero-order valence-corrected chi connectivity index (χ0v) is 19.3. The fourth-order valence-electron chi connectivity index (χ4n) is 4.07. The predicted molar refractivity (Wildman–Crippen MR) is 119 cm³/mol. The van der Waals surface area contributed by atoms with Gasteiger partial charge in [0.25, 0.3) is 5.91 Å². The Morgan fingerprint density at radius 3 is 2.71 bits per heavy atom. The Balaban J connectivity index is 1.41. The van der Waals surface area contributed by atoms with Gasteiger partial charge in [0.1, 0.15) is 18.0 Å². The number of carbonyl (C=O) groups excluding carboxylic acids is 3. The van der Waals surface area contributed by atoms with Gasteiger partial charge in [0.15, 0.2) is 11.4 Å². The van der Waals surface area contributed by atoms with Crippen molar-refractivity contribution in [3.05, 3.63) is 53.1 Å². The van der Waals surface area contributed by atoms with Crippen LogP contribution in [-0.2, 0) is 20.7 Å². The van der Waals surface area contributed by atoms with Crippen LogP contribution in [0.1, 0.15) is 60.6 Å². The molecule has 4 rings (SSSR count). The van der Waals surface area contributed by atoms with Crippen LogP contribution in [0.25, 0.3) is 0 Å². The lowest BCUT2D eigenvalue weighted by Crippen LogP contribution is -2.41. The summed E-state index contributed by atoms with van der Waals surface area (Å²) in [6.07, 6.45) is 3.51. The van der Waals surface area contributed by atoms with Gasteiger partial charge < -0.3 is 19.5 Å². The Morgan fingerprint density at radius 2 is 2.00 bits per heavy atom. The topological polar surface area (TPSA) is 104 Å². The third-order valence-corrected chi connectivity index (χ3v) is 6.21. The van der Waals surface area contributed by atoms with E-state index in [2.05, 4.69) is 10.3 Å². The second-order valence-corrected chi connectivity index (χ2v) is 8.82. The summed E-state index contributed by atoms with van der Waals surface area (Å²) < 4.78 is 29.8. The maximum absolute atomic E-state index is 13.5. The average molecular weight is 470 g/mol. The van der Waals surface area contributed by atoms with E-state index in [0.717, 1.165) is 24.0 Å². The van der Waals surface area contributed by atoms with Gasteiger partial charge in [0.05, 0.1) is 7.11 Å². The standard InChI is InChI=1S/C25H27FN2O6/c1-13-18-7-6-17(26)11-16(18)12-20(13)33-25(31)14(2)28-24(30)22-23(19(32-3)8-9-27-22)34-21(29)10-15-4-5-15/h6-9,11,13-15,20H,4-5,10,12H2,1-3H3,(H,28,30)/t13?,14-,20?/m0/s1. The highest BCUT2D eigenvalue weighted by Gasteiger charge is 2.34. The van der Waals surface area contributed by atoms with Crippen LogP contribution in [0.15, 0.2) is 30.5 Å². The largest absolute Gasteiger partial charge is 0.493 e. The number of esters is 2. The molecule has 0 spiro atoms. The van der Waals surface area contributed by atoms with Crippen molar-refractivity contribution in [3.63, 3.8) is 0 Å². The molecule has 1 N–H and O–H groups in total. The number of rotatable bonds is 8. The van der Waals surface area contributed by atoms with Gasteiger partial charge in [-0.25, -0.2) is 14.2 Å². The molecule has 0 saturated heterocycles. The minimum atomic E-state index is -0.997. The quantitative estimate of drug-likeness (QED) is 0.590. The zero-order valence-electron chi connectivity index (χ0n) is 19.3. The first-order valence-corrected chi connectivity index (χ1v) is 11.3. The Hall–Kier alpha value is -3.49. The second kappa shape index (κ2) is 9.79. The van der Waals surface area contributed by atoms with Gasteiger partial charge in [-0.15, -0.1) is 0 Å². The lowest BCUT2D eigenvalue weighted by Gasteiger charge is -2.20. The monoisotopic (exact) mass is 470 g/mol. The fraction of sp³-hybridized carbons (Fsp3) is 0.440. The van der Waals surface area contributed by atoms with Crippen molar-refractivity contribution in [3.8, 4) is 11.5 Å². The average Bonchev–Trinajstić information content (AvgIpc) is 3.56. The number of hydrogen-bond acceptors (Lipinski definition) is 7. The SMILES string of the molecule is COc1ccnc(C(=O)N[C@@H](C)C(=O)OC2Cc3cc(F)ccc3C2C)c1OC(=O)CC1CC1. The molecule has 2 aliphatic carbocycles. The van der Waals surface area contributed by atoms with E-state index < -0.39 is 30.0 Å². The summed E-state index contributed by atoms with van der Waals surface area (Å²) in [4.78, 5) is 41.9. The first-order chi connectivity index (χ1) is 16.3. The summed E-state index contributed by atoms with van der Waals surface area (Å²) in [6, 6.07) is 5.03. The number of aromatic nitrogens is 1. The summed E-state index contributed by atoms with van der Waals surface area (Å²) >= 11 is 0. The summed E-state index contributed by atoms with van der Waals surface area (Å²) in [5, 5.41) is 2.55. The molecule has 0 bridgehead atoms. The van der Waals surface area contributed by atoms with Crippen LogP contribution in [0.3, 0.4) is 0 Å². The lowest BCUT2D eigenvalue weighted by atomic mass is 10.0. The van der Waals surface area contributed by atoms with Gasteiger partial charge in [-0.1, -0.05) is 13.0 Å². The number of fused-ring (bicyclic) bond motifs is 1. The molecule has 2 aliphatic rings. The number of carbonyl (C=O) groups is 3. The second-order valence-electron chi connectivity index (χ2n) is 8.82. The Labute approximate surface area is 196 Å². The van der Waals surface area contributed by atoms with Gasteiger partial charge in [-0.05, 0) is 48.9 Å². The van der Waals surface area contributed by atoms with E-state index in [4.69, 9.17) is 14.2 Å². The van der Waals surface area contributed by atoms with Gasteiger partial charge in [0, 0.05) is 31.0 Å². The van der Waals surface area contributed by atoms with E-state index in [0.29, 0.717) is 12.3 Å². The molecule has 1 fully saturated rings. The van der Waals surface area contributed by atoms with E-state index in [-0.39, 0.29) is 35.3 Å². The molecule has 2 aromatic rings. The number of methoxy groups -OCH3 is 1. The van der Waals surface area contributed by atoms with Crippen LogP contribution in [0.2, 0.25) is 0 Å². The smallest absolute Gasteiger partial charge is 0.328 e. The molecule has 2 unspecified atom stereocenters. The molecule has 180 valence electrons. The predicted octanol–water partition coefficient (Wildman–Crippen LogP) is 3.32. The van der Waals surface area contributed by atoms with E-state index >= 15 is 0 Å². The first-order valence-electron chi connectivity index (χ1n) is 11.3. The van der Waals surface area contributed by atoms with E-state index in [9.17, 15) is 18.8 Å². The zero-order chi connectivity index (χ0) is 24.4. The molecule has 3 atom stereocenters. The molecule has 8 nitrogen and oxygen atoms in total. The molecule has 9 heteroatoms. The third kappa shape index (κ3) is 5.18. The molecule has 1 saturated carbocycles. The minimum Gasteiger partial charge on any atom is -0.493 e. The number of amides is 1. The Kier molecular flexibility index (Phi) is 6.81. The van der Waals surface area contributed by atoms with Gasteiger partial charge in [-0.3, -0.25) is 9.59 Å². The number of pyridine rings is 1. The van der Waals surface area contributed by atoms with Crippen molar-refractivity contribution in [2.45, 2.75) is 57.6 Å². The maximum Gasteiger partial charge on any atom is 0.328 e. The summed E-state index contributed by atoms with van der Waals surface area (Å²) in [7, 11) is 1.39. The highest BCUT2D eigenvalue weighted by Crippen LogP contribution is 2.36. The highest BCUT2D eigenvalue weighted by molar-refractivity contribution is 5.98. The molecule has 0 radical (unpaired) electrons. The normalized spacial score (nSPS) is 19.6. The van der Waals surface area contributed by atoms with Crippen molar-refractivity contribution in [2.75, 3.05) is 7.11 Å². The third-order valence-electron chi connectivity index (χ3n) is 6.21. The van der Waals surface area contributed by atoms with Crippen LogP contribution in [0.4, 0.5) is 4.39 Å². The number of ether oxygens (including phenoxy) is 3. The number of benzene rings is 1. The van der Waals surface area contributed by atoms with Crippen molar-refractivity contribution < 1.29 is 33.0 Å². The van der Waals surface area contributed by atoms with Gasteiger partial charge in [0.2, 0.25) is 5.75 Å². The van der Waals surface area contributed by atoms with E-state index in [1.165, 1.54) is 38.4 Å². The van der Waals surface area contributed by atoms with E-state index in [1.807, 2.05) is 6.92 Å². The lowest BCUT2D eigenvalue weighted by molar-refractivity contribution is -0.151. The maximum atomic E-state index is 13.5. The van der Waals surface area contributed by atoms with Crippen molar-refractivity contribution in [2.24, 2.45) is 5.92 Å². The molecule has 1 heterocycles. The van der Waals surface area contributed by atoms with Crippen LogP contribution in [0, 0.1) is 11.7 Å². The van der Waals surface area contributed by atoms with Gasteiger partial charge >= 0.3 is 11.9 Å². The van der Waals surface area contributed by atoms with Crippen molar-refractivity contribution in [1.29, 1.82) is 0 Å². The number of nitrogens with one attached hydrogen (secondary N) is 1. The Bertz CT molecular complexity index is 1120. The fourth-order valence-corrected chi connectivity index (χ4v) is 4.07. The summed E-state index contributed by atoms with van der Waals surface area (Å²) in [5.74, 6) is -1.83. The first kappa shape index (κ1) is 23.7. The summed E-state index contributed by atoms with van der Waals surface area (Å²) in [5.41, 5.74) is 1.58. The number of halogens is 1. The van der Waals surface area contributed by atoms with Crippen LogP contribution in [-0.4, -0.2) is 42.1 Å². The van der Waals surface area contributed by atoms with Crippen LogP contribution >= 0.6 is 0 Å². The molecular weight excluding hydrogens is 443 g/mol. The number of hydrogen-bond donors (Lipinski definition) is 1. The van der Waals surface area contributed by atoms with Crippen LogP contribution in [0.5, 0.6) is 11.5 Å². The molecule has 34 heavy (non-hydrogen) atoms. The molecule has 1 aromatic heterocycles.